The average Bonchev–Trinajstić information content (AvgIpc) is 2.52. The van der Waals surface area contributed by atoms with Gasteiger partial charge in [-0.1, -0.05) is 48.6 Å². The van der Waals surface area contributed by atoms with Crippen molar-refractivity contribution in [2.75, 3.05) is 33.0 Å². The molecule has 0 saturated heterocycles. The van der Waals surface area contributed by atoms with E-state index in [0.29, 0.717) is 26.4 Å². The van der Waals surface area contributed by atoms with Gasteiger partial charge in [0, 0.05) is 0 Å². The molecule has 126 valence electrons. The minimum atomic E-state index is -1.21. The smallest absolute Gasteiger partial charge is 0.308 e. The van der Waals surface area contributed by atoms with Crippen LogP contribution in [-0.2, 0) is 18.9 Å². The molecular formula is C18H30O4. The Bertz CT molecular complexity index is 315. The van der Waals surface area contributed by atoms with Crippen molar-refractivity contribution in [1.29, 1.82) is 0 Å². The summed E-state index contributed by atoms with van der Waals surface area (Å²) >= 11 is 0. The van der Waals surface area contributed by atoms with Gasteiger partial charge in [-0.2, -0.15) is 0 Å². The Morgan fingerprint density at radius 2 is 0.955 bits per heavy atom. The fourth-order valence-electron chi connectivity index (χ4n) is 1.41. The largest absolute Gasteiger partial charge is 0.369 e. The van der Waals surface area contributed by atoms with Crippen molar-refractivity contribution in [3.05, 3.63) is 48.6 Å². The van der Waals surface area contributed by atoms with E-state index in [2.05, 4.69) is 0 Å². The van der Waals surface area contributed by atoms with Crippen LogP contribution in [0, 0.1) is 0 Å². The summed E-state index contributed by atoms with van der Waals surface area (Å²) in [6.45, 7) is 9.65. The number of hydrogen-bond acceptors (Lipinski definition) is 4. The van der Waals surface area contributed by atoms with Crippen LogP contribution >= 0.6 is 0 Å². The van der Waals surface area contributed by atoms with Crippen molar-refractivity contribution in [2.45, 2.75) is 33.7 Å². The van der Waals surface area contributed by atoms with E-state index < -0.39 is 5.97 Å². The van der Waals surface area contributed by atoms with Crippen LogP contribution in [0.3, 0.4) is 0 Å². The number of ether oxygens (including phenoxy) is 4. The van der Waals surface area contributed by atoms with Gasteiger partial charge < -0.3 is 18.9 Å². The Morgan fingerprint density at radius 3 is 1.32 bits per heavy atom. The second-order valence-corrected chi connectivity index (χ2v) is 4.41. The van der Waals surface area contributed by atoms with Gasteiger partial charge in [0.05, 0.1) is 26.4 Å². The third-order valence-corrected chi connectivity index (χ3v) is 2.63. The van der Waals surface area contributed by atoms with Crippen LogP contribution in [0.1, 0.15) is 27.7 Å². The molecule has 0 aromatic rings. The molecule has 0 fully saturated rings. The van der Waals surface area contributed by atoms with Gasteiger partial charge in [0.1, 0.15) is 6.61 Å². The highest BCUT2D eigenvalue weighted by atomic mass is 16.9. The molecule has 0 saturated carbocycles. The SMILES string of the molecule is CC=CCOCC(OCC=CC)(OCC=CC)OCC=CC. The Kier molecular flexibility index (Phi) is 13.9. The van der Waals surface area contributed by atoms with Crippen molar-refractivity contribution in [2.24, 2.45) is 0 Å². The van der Waals surface area contributed by atoms with Gasteiger partial charge in [-0.3, -0.25) is 0 Å². The van der Waals surface area contributed by atoms with Crippen molar-refractivity contribution in [3.8, 4) is 0 Å². The zero-order valence-electron chi connectivity index (χ0n) is 14.3. The molecule has 22 heavy (non-hydrogen) atoms. The van der Waals surface area contributed by atoms with E-state index in [-0.39, 0.29) is 6.61 Å². The molecule has 4 heteroatoms. The molecule has 0 bridgehead atoms. The molecule has 0 heterocycles. The first-order valence-corrected chi connectivity index (χ1v) is 7.69. The molecule has 0 unspecified atom stereocenters. The summed E-state index contributed by atoms with van der Waals surface area (Å²) in [7, 11) is 0. The summed E-state index contributed by atoms with van der Waals surface area (Å²) in [5, 5.41) is 0. The van der Waals surface area contributed by atoms with Gasteiger partial charge in [-0.15, -0.1) is 0 Å². The van der Waals surface area contributed by atoms with Gasteiger partial charge in [-0.25, -0.2) is 0 Å². The maximum absolute atomic E-state index is 5.80. The van der Waals surface area contributed by atoms with E-state index in [1.165, 1.54) is 0 Å². The third-order valence-electron chi connectivity index (χ3n) is 2.63. The van der Waals surface area contributed by atoms with Crippen LogP contribution in [0.15, 0.2) is 48.6 Å². The van der Waals surface area contributed by atoms with Crippen molar-refractivity contribution in [1.82, 2.24) is 0 Å². The van der Waals surface area contributed by atoms with Crippen LogP contribution in [0.5, 0.6) is 0 Å². The fraction of sp³-hybridized carbons (Fsp3) is 0.556. The summed E-state index contributed by atoms with van der Waals surface area (Å²) < 4.78 is 23.0. The lowest BCUT2D eigenvalue weighted by molar-refractivity contribution is -0.384. The zero-order valence-corrected chi connectivity index (χ0v) is 14.3. The molecule has 0 aliphatic heterocycles. The van der Waals surface area contributed by atoms with E-state index >= 15 is 0 Å². The molecule has 0 aliphatic carbocycles. The standard InChI is InChI=1S/C18H30O4/c1-5-9-13-19-17-18(20-14-10-6-2,21-15-11-7-3)22-16-12-8-4/h5-12H,13-17H2,1-4H3. The van der Waals surface area contributed by atoms with E-state index in [9.17, 15) is 0 Å². The monoisotopic (exact) mass is 310 g/mol. The summed E-state index contributed by atoms with van der Waals surface area (Å²) in [6, 6.07) is 0. The van der Waals surface area contributed by atoms with Crippen LogP contribution in [0.25, 0.3) is 0 Å². The van der Waals surface area contributed by atoms with E-state index in [1.54, 1.807) is 0 Å². The lowest BCUT2D eigenvalue weighted by atomic mass is 10.5. The second kappa shape index (κ2) is 14.7. The molecule has 0 radical (unpaired) electrons. The molecular weight excluding hydrogens is 280 g/mol. The number of hydrogen-bond donors (Lipinski definition) is 0. The van der Waals surface area contributed by atoms with Crippen LogP contribution < -0.4 is 0 Å². The van der Waals surface area contributed by atoms with E-state index in [4.69, 9.17) is 18.9 Å². The summed E-state index contributed by atoms with van der Waals surface area (Å²) in [5.74, 6) is -1.21. The molecule has 0 N–H and O–H groups in total. The third kappa shape index (κ3) is 10.5. The summed E-state index contributed by atoms with van der Waals surface area (Å²) in [4.78, 5) is 0. The van der Waals surface area contributed by atoms with Crippen molar-refractivity contribution < 1.29 is 18.9 Å². The average molecular weight is 310 g/mol. The van der Waals surface area contributed by atoms with Gasteiger partial charge in [-0.05, 0) is 27.7 Å². The minimum Gasteiger partial charge on any atom is -0.369 e. The maximum Gasteiger partial charge on any atom is 0.308 e. The normalized spacial score (nSPS) is 15.6. The van der Waals surface area contributed by atoms with Crippen molar-refractivity contribution >= 4 is 0 Å². The maximum atomic E-state index is 5.80. The quantitative estimate of drug-likeness (QED) is 0.292. The van der Waals surface area contributed by atoms with Crippen molar-refractivity contribution in [3.63, 3.8) is 0 Å². The number of allylic oxidation sites excluding steroid dienone is 4. The van der Waals surface area contributed by atoms with E-state index in [1.807, 2.05) is 76.3 Å². The molecule has 0 atom stereocenters. The minimum absolute atomic E-state index is 0.198. The second-order valence-electron chi connectivity index (χ2n) is 4.41. The Morgan fingerprint density at radius 1 is 0.591 bits per heavy atom. The first-order chi connectivity index (χ1) is 10.7. The van der Waals surface area contributed by atoms with Crippen LogP contribution in [-0.4, -0.2) is 39.0 Å². The Balaban J connectivity index is 4.81. The molecule has 0 rings (SSSR count). The van der Waals surface area contributed by atoms with Gasteiger partial charge >= 0.3 is 5.97 Å². The summed E-state index contributed by atoms with van der Waals surface area (Å²) in [5.41, 5.74) is 0. The van der Waals surface area contributed by atoms with Crippen LogP contribution in [0.4, 0.5) is 0 Å². The lowest BCUT2D eigenvalue weighted by Gasteiger charge is -2.32. The van der Waals surface area contributed by atoms with Crippen LogP contribution in [0.2, 0.25) is 0 Å². The highest BCUT2D eigenvalue weighted by molar-refractivity contribution is 4.82. The Hall–Kier alpha value is -1.20. The lowest BCUT2D eigenvalue weighted by Crippen LogP contribution is -2.44. The topological polar surface area (TPSA) is 36.9 Å². The highest BCUT2D eigenvalue weighted by Gasteiger charge is 2.33. The van der Waals surface area contributed by atoms with E-state index in [0.717, 1.165) is 0 Å². The number of rotatable bonds is 13. The first kappa shape index (κ1) is 20.8. The molecule has 0 spiro atoms. The molecule has 0 aromatic carbocycles. The Labute approximate surface area is 135 Å². The molecule has 0 aliphatic rings. The summed E-state index contributed by atoms with van der Waals surface area (Å²) in [6.07, 6.45) is 15.3. The first-order valence-electron chi connectivity index (χ1n) is 7.69. The molecule has 0 amide bonds. The van der Waals surface area contributed by atoms with Gasteiger partial charge in [0.15, 0.2) is 0 Å². The van der Waals surface area contributed by atoms with Gasteiger partial charge in [0.25, 0.3) is 0 Å². The molecule has 0 aromatic heterocycles. The predicted octanol–water partition coefficient (Wildman–Crippen LogP) is 4.01. The zero-order chi connectivity index (χ0) is 16.5. The highest BCUT2D eigenvalue weighted by Crippen LogP contribution is 2.17. The molecule has 4 nitrogen and oxygen atoms in total. The predicted molar refractivity (Wildman–Crippen MR) is 90.7 cm³/mol. The fourth-order valence-corrected chi connectivity index (χ4v) is 1.41. The van der Waals surface area contributed by atoms with Gasteiger partial charge in [0.2, 0.25) is 0 Å².